The molecule has 0 aromatic carbocycles. The fourth-order valence-corrected chi connectivity index (χ4v) is 6.32. The van der Waals surface area contributed by atoms with E-state index in [0.29, 0.717) is 0 Å². The Morgan fingerprint density at radius 2 is 0.981 bits per heavy atom. The van der Waals surface area contributed by atoms with Gasteiger partial charge >= 0.3 is 17.9 Å². The summed E-state index contributed by atoms with van der Waals surface area (Å²) in [6.45, 7) is -0.877. The Morgan fingerprint density at radius 1 is 0.519 bits per heavy atom. The maximum Gasteiger partial charge on any atom is 0.335 e. The van der Waals surface area contributed by atoms with E-state index in [-0.39, 0.29) is 0 Å². The quantitative estimate of drug-likeness (QED) is 0.0776. The number of hydrogen-bond donors (Lipinski definition) is 11. The van der Waals surface area contributed by atoms with Gasteiger partial charge in [-0.3, -0.25) is 4.79 Å². The summed E-state index contributed by atoms with van der Waals surface area (Å²) < 4.78 is 53.8. The number of aliphatic carboxylic acids is 2. The third kappa shape index (κ3) is 8.64. The van der Waals surface area contributed by atoms with E-state index in [0.717, 1.165) is 21.1 Å². The molecule has 0 aromatic rings. The molecule has 20 atom stereocenters. The number of carbonyl (C=O) groups excluding carboxylic acids is 1. The van der Waals surface area contributed by atoms with Gasteiger partial charge in [0.05, 0.1) is 13.2 Å². The van der Waals surface area contributed by atoms with E-state index >= 15 is 0 Å². The second-order valence-corrected chi connectivity index (χ2v) is 12.2. The Morgan fingerprint density at radius 3 is 1.50 bits per heavy atom. The van der Waals surface area contributed by atoms with Crippen LogP contribution < -0.4 is 0 Å². The normalized spacial score (nSPS) is 47.1. The fraction of sp³-hybridized carbons (Fsp3) is 0.893. The number of carbonyl (C=O) groups is 3. The van der Waals surface area contributed by atoms with Crippen molar-refractivity contribution >= 4 is 17.9 Å². The van der Waals surface area contributed by atoms with E-state index in [1.54, 1.807) is 0 Å². The van der Waals surface area contributed by atoms with Gasteiger partial charge < -0.3 is 104 Å². The summed E-state index contributed by atoms with van der Waals surface area (Å²) in [7, 11) is 2.09. The van der Waals surface area contributed by atoms with Crippen LogP contribution in [0.5, 0.6) is 0 Å². The Bertz CT molecular complexity index is 1200. The minimum absolute atomic E-state index is 0.863. The standard InChI is InChI=1S/C28H44O24/c1-6(31)45-22-17(43-2)13(36)19(23(38)39)50-28(22)49-16-8(5-30)47-26(12(35)10(16)33)51-20-18(44-3)14(37)27(52-21(20)24(40)41)48-15-7(4-29)46-25(42)11(34)9(15)32/h7-22,25-30,32-37,42H,4-5H2,1-3H3,(H,38,39)(H,40,41)/t7-,8-,9-,10-,11-,12-,13+,14-,15-,16-,17+,18-,19+,20+,21?,22-,25+,26-,27-,28-/m1/s1. The number of carboxylic acid groups (broad SMARTS) is 2. The zero-order valence-electron chi connectivity index (χ0n) is 27.7. The molecule has 4 fully saturated rings. The molecule has 0 spiro atoms. The van der Waals surface area contributed by atoms with Crippen molar-refractivity contribution in [3.63, 3.8) is 0 Å². The highest BCUT2D eigenvalue weighted by Crippen LogP contribution is 2.35. The SMILES string of the molecule is CO[C@@H]1[C@@H](O)[C@H](O[C@H]2[C@H](O)[C@@H](O)[C@@H](O)O[C@@H]2CO)OC(C(=O)O)[C@H]1O[C@H]1O[C@H](CO)[C@@H](O[C@@H]2O[C@H](C(=O)O)[C@@H](O)[C@H](OC)[C@H]2OC(C)=O)[C@H](O)[C@H]1O. The molecule has 0 amide bonds. The first-order chi connectivity index (χ1) is 24.5. The van der Waals surface area contributed by atoms with Crippen LogP contribution in [0, 0.1) is 0 Å². The number of hydrogen-bond acceptors (Lipinski definition) is 22. The van der Waals surface area contributed by atoms with Crippen molar-refractivity contribution in [3.8, 4) is 0 Å². The van der Waals surface area contributed by atoms with Crippen LogP contribution in [-0.4, -0.2) is 224 Å². The lowest BCUT2D eigenvalue weighted by molar-refractivity contribution is -0.384. The zero-order chi connectivity index (χ0) is 38.8. The number of methoxy groups -OCH3 is 2. The van der Waals surface area contributed by atoms with Crippen molar-refractivity contribution in [2.45, 2.75) is 130 Å². The van der Waals surface area contributed by atoms with Crippen LogP contribution in [0.2, 0.25) is 0 Å². The molecule has 4 saturated heterocycles. The lowest BCUT2D eigenvalue weighted by atomic mass is 9.95. The molecule has 11 N–H and O–H groups in total. The summed E-state index contributed by atoms with van der Waals surface area (Å²) >= 11 is 0. The van der Waals surface area contributed by atoms with Gasteiger partial charge in [0.15, 0.2) is 43.5 Å². The molecule has 0 radical (unpaired) electrons. The van der Waals surface area contributed by atoms with E-state index < -0.39 is 154 Å². The summed E-state index contributed by atoms with van der Waals surface area (Å²) in [6, 6.07) is 0. The Hall–Kier alpha value is -2.31. The number of ether oxygens (including phenoxy) is 10. The topological polar surface area (TPSA) is 366 Å². The first-order valence-corrected chi connectivity index (χ1v) is 15.8. The predicted molar refractivity (Wildman–Crippen MR) is 154 cm³/mol. The highest BCUT2D eigenvalue weighted by molar-refractivity contribution is 5.74. The van der Waals surface area contributed by atoms with Gasteiger partial charge in [0.25, 0.3) is 0 Å². The molecule has 0 aromatic heterocycles. The number of carboxylic acids is 2. The molecule has 0 aliphatic carbocycles. The third-order valence-corrected chi connectivity index (χ3v) is 8.90. The van der Waals surface area contributed by atoms with Gasteiger partial charge in [0.1, 0.15) is 79.4 Å². The van der Waals surface area contributed by atoms with E-state index in [1.807, 2.05) is 0 Å². The maximum atomic E-state index is 12.4. The monoisotopic (exact) mass is 764 g/mol. The minimum atomic E-state index is -2.16. The average molecular weight is 765 g/mol. The van der Waals surface area contributed by atoms with Crippen molar-refractivity contribution in [3.05, 3.63) is 0 Å². The molecule has 24 nitrogen and oxygen atoms in total. The highest BCUT2D eigenvalue weighted by Gasteiger charge is 2.58. The molecule has 4 aliphatic heterocycles. The van der Waals surface area contributed by atoms with Crippen molar-refractivity contribution < 1.29 is 118 Å². The summed E-state index contributed by atoms with van der Waals surface area (Å²) in [5.74, 6) is -4.35. The number of aliphatic hydroxyl groups excluding tert-OH is 9. The predicted octanol–water partition coefficient (Wildman–Crippen LogP) is -7.69. The largest absolute Gasteiger partial charge is 0.479 e. The van der Waals surface area contributed by atoms with Crippen LogP contribution >= 0.6 is 0 Å². The Kier molecular flexibility index (Phi) is 14.6. The first kappa shape index (κ1) is 42.4. The number of rotatable bonds is 13. The van der Waals surface area contributed by atoms with Gasteiger partial charge in [-0.05, 0) is 0 Å². The molecule has 0 bridgehead atoms. The number of esters is 1. The number of aliphatic hydroxyl groups is 9. The van der Waals surface area contributed by atoms with Gasteiger partial charge in [-0.15, -0.1) is 0 Å². The van der Waals surface area contributed by atoms with Gasteiger partial charge in [-0.2, -0.15) is 0 Å². The fourth-order valence-electron chi connectivity index (χ4n) is 6.32. The van der Waals surface area contributed by atoms with E-state index in [4.69, 9.17) is 47.4 Å². The van der Waals surface area contributed by atoms with Crippen molar-refractivity contribution in [1.29, 1.82) is 0 Å². The van der Waals surface area contributed by atoms with Crippen LogP contribution in [0.25, 0.3) is 0 Å². The van der Waals surface area contributed by atoms with Crippen LogP contribution in [0.4, 0.5) is 0 Å². The summed E-state index contributed by atoms with van der Waals surface area (Å²) in [4.78, 5) is 36.0. The second kappa shape index (κ2) is 17.9. The maximum absolute atomic E-state index is 12.4. The molecule has 0 saturated carbocycles. The van der Waals surface area contributed by atoms with E-state index in [9.17, 15) is 70.6 Å². The smallest absolute Gasteiger partial charge is 0.335 e. The lowest BCUT2D eigenvalue weighted by Gasteiger charge is -2.49. The van der Waals surface area contributed by atoms with E-state index in [2.05, 4.69) is 0 Å². The Labute approximate surface area is 293 Å². The van der Waals surface area contributed by atoms with Crippen LogP contribution in [0.3, 0.4) is 0 Å². The summed E-state index contributed by atoms with van der Waals surface area (Å²) in [5, 5.41) is 113. The molecule has 4 heterocycles. The minimum Gasteiger partial charge on any atom is -0.479 e. The average Bonchev–Trinajstić information content (AvgIpc) is 3.09. The molecule has 52 heavy (non-hydrogen) atoms. The second-order valence-electron chi connectivity index (χ2n) is 12.2. The van der Waals surface area contributed by atoms with Crippen LogP contribution in [0.15, 0.2) is 0 Å². The van der Waals surface area contributed by atoms with Crippen LogP contribution in [0.1, 0.15) is 6.92 Å². The van der Waals surface area contributed by atoms with E-state index in [1.165, 1.54) is 0 Å². The Balaban J connectivity index is 1.54. The highest BCUT2D eigenvalue weighted by atomic mass is 16.8. The van der Waals surface area contributed by atoms with Crippen molar-refractivity contribution in [2.24, 2.45) is 0 Å². The first-order valence-electron chi connectivity index (χ1n) is 15.8. The molecule has 24 heteroatoms. The zero-order valence-corrected chi connectivity index (χ0v) is 27.7. The molecular weight excluding hydrogens is 720 g/mol. The van der Waals surface area contributed by atoms with Crippen LogP contribution in [-0.2, 0) is 61.8 Å². The van der Waals surface area contributed by atoms with Crippen molar-refractivity contribution in [1.82, 2.24) is 0 Å². The van der Waals surface area contributed by atoms with Gasteiger partial charge in [0, 0.05) is 21.1 Å². The van der Waals surface area contributed by atoms with Crippen molar-refractivity contribution in [2.75, 3.05) is 27.4 Å². The lowest BCUT2D eigenvalue weighted by Crippen LogP contribution is -2.68. The molecule has 1 unspecified atom stereocenters. The third-order valence-electron chi connectivity index (χ3n) is 8.90. The van der Waals surface area contributed by atoms with Gasteiger partial charge in [0.2, 0.25) is 0 Å². The molecule has 4 aliphatic rings. The summed E-state index contributed by atoms with van der Waals surface area (Å²) in [6.07, 6.45) is -37.3. The molecule has 4 rings (SSSR count). The van der Waals surface area contributed by atoms with Gasteiger partial charge in [-0.25, -0.2) is 9.59 Å². The van der Waals surface area contributed by atoms with Gasteiger partial charge in [-0.1, -0.05) is 0 Å². The molecular formula is C28H44O24. The molecule has 300 valence electrons. The summed E-state index contributed by atoms with van der Waals surface area (Å²) in [5.41, 5.74) is 0.